The first kappa shape index (κ1) is 15.4. The topological polar surface area (TPSA) is 29.9 Å². The maximum atomic E-state index is 5.81. The lowest BCUT2D eigenvalue weighted by atomic mass is 10.2. The second-order valence-electron chi connectivity index (χ2n) is 4.82. The van der Waals surface area contributed by atoms with Gasteiger partial charge in [-0.05, 0) is 43.4 Å². The number of aromatic amines is 1. The minimum atomic E-state index is 0.424. The van der Waals surface area contributed by atoms with E-state index >= 15 is 0 Å². The Bertz CT molecular complexity index is 618. The molecule has 1 aromatic heterocycles. The Kier molecular flexibility index (Phi) is 5.54. The predicted octanol–water partition coefficient (Wildman–Crippen LogP) is 4.80. The van der Waals surface area contributed by atoms with Crippen LogP contribution in [0.25, 0.3) is 11.0 Å². The van der Waals surface area contributed by atoms with Gasteiger partial charge in [0.05, 0.1) is 12.1 Å². The maximum Gasteiger partial charge on any atom is 0.178 e. The molecule has 1 heterocycles. The third-order valence-electron chi connectivity index (χ3n) is 3.37. The molecule has 1 N–H and O–H groups in total. The third-order valence-corrected chi connectivity index (χ3v) is 4.39. The van der Waals surface area contributed by atoms with E-state index in [0.717, 1.165) is 46.8 Å². The number of benzene rings is 1. The van der Waals surface area contributed by atoms with Gasteiger partial charge in [-0.1, -0.05) is 19.9 Å². The molecule has 20 heavy (non-hydrogen) atoms. The van der Waals surface area contributed by atoms with Crippen molar-refractivity contribution in [3.63, 3.8) is 0 Å². The summed E-state index contributed by atoms with van der Waals surface area (Å²) in [5.41, 5.74) is 2.16. The van der Waals surface area contributed by atoms with Gasteiger partial charge in [0.25, 0.3) is 0 Å². The Balaban J connectivity index is 2.51. The first-order chi connectivity index (χ1) is 9.72. The number of aromatic nitrogens is 2. The van der Waals surface area contributed by atoms with E-state index in [0.29, 0.717) is 6.04 Å². The van der Waals surface area contributed by atoms with E-state index in [4.69, 9.17) is 17.0 Å². The highest BCUT2D eigenvalue weighted by molar-refractivity contribution is 7.98. The molecule has 0 fully saturated rings. The molecule has 1 unspecified atom stereocenters. The summed E-state index contributed by atoms with van der Waals surface area (Å²) in [6.45, 7) is 5.05. The van der Waals surface area contributed by atoms with E-state index < -0.39 is 0 Å². The molecule has 1 aromatic carbocycles. The number of rotatable bonds is 7. The lowest BCUT2D eigenvalue weighted by Crippen LogP contribution is -2.10. The largest absolute Gasteiger partial charge is 0.491 e. The van der Waals surface area contributed by atoms with Gasteiger partial charge in [0.1, 0.15) is 11.3 Å². The van der Waals surface area contributed by atoms with Crippen LogP contribution in [0.15, 0.2) is 18.2 Å². The Morgan fingerprint density at radius 1 is 1.40 bits per heavy atom. The number of imidazole rings is 1. The molecule has 0 saturated carbocycles. The quantitative estimate of drug-likeness (QED) is 0.745. The van der Waals surface area contributed by atoms with Crippen molar-refractivity contribution in [1.29, 1.82) is 0 Å². The molecule has 0 amide bonds. The van der Waals surface area contributed by atoms with Crippen LogP contribution in [0.5, 0.6) is 5.75 Å². The number of nitrogens with zero attached hydrogens (tertiary/aromatic N) is 1. The van der Waals surface area contributed by atoms with Crippen molar-refractivity contribution in [2.75, 3.05) is 18.6 Å². The molecule has 110 valence electrons. The zero-order chi connectivity index (χ0) is 14.5. The summed E-state index contributed by atoms with van der Waals surface area (Å²) in [6, 6.07) is 6.58. The molecule has 2 aromatic rings. The van der Waals surface area contributed by atoms with Crippen molar-refractivity contribution in [3.05, 3.63) is 23.0 Å². The van der Waals surface area contributed by atoms with Gasteiger partial charge in [0, 0.05) is 11.8 Å². The van der Waals surface area contributed by atoms with E-state index in [-0.39, 0.29) is 0 Å². The highest BCUT2D eigenvalue weighted by atomic mass is 32.2. The lowest BCUT2D eigenvalue weighted by Gasteiger charge is -2.16. The molecule has 0 spiro atoms. The summed E-state index contributed by atoms with van der Waals surface area (Å²) < 4.78 is 8.84. The average molecular weight is 310 g/mol. The van der Waals surface area contributed by atoms with E-state index in [1.807, 2.05) is 23.9 Å². The summed E-state index contributed by atoms with van der Waals surface area (Å²) in [5.74, 6) is 1.96. The van der Waals surface area contributed by atoms with E-state index in [9.17, 15) is 0 Å². The monoisotopic (exact) mass is 310 g/mol. The second-order valence-corrected chi connectivity index (χ2v) is 6.11. The fourth-order valence-corrected chi connectivity index (χ4v) is 3.50. The summed E-state index contributed by atoms with van der Waals surface area (Å²) >= 11 is 7.38. The zero-order valence-electron chi connectivity index (χ0n) is 12.3. The van der Waals surface area contributed by atoms with Gasteiger partial charge >= 0.3 is 0 Å². The van der Waals surface area contributed by atoms with Gasteiger partial charge in [-0.25, -0.2) is 0 Å². The number of para-hydroxylation sites is 1. The van der Waals surface area contributed by atoms with Crippen molar-refractivity contribution in [1.82, 2.24) is 9.55 Å². The van der Waals surface area contributed by atoms with Crippen LogP contribution in [0.3, 0.4) is 0 Å². The molecular formula is C15H22N2OS2. The number of fused-ring (bicyclic) bond motifs is 1. The Labute approximate surface area is 129 Å². The molecule has 0 bridgehead atoms. The number of nitrogens with one attached hydrogen (secondary N) is 1. The van der Waals surface area contributed by atoms with Crippen molar-refractivity contribution >= 4 is 35.0 Å². The van der Waals surface area contributed by atoms with Crippen LogP contribution < -0.4 is 4.74 Å². The van der Waals surface area contributed by atoms with Crippen LogP contribution in [0, 0.1) is 4.77 Å². The van der Waals surface area contributed by atoms with Crippen LogP contribution in [0.2, 0.25) is 0 Å². The fraction of sp³-hybridized carbons (Fsp3) is 0.533. The van der Waals surface area contributed by atoms with Gasteiger partial charge in [-0.2, -0.15) is 11.8 Å². The summed E-state index contributed by atoms with van der Waals surface area (Å²) in [4.78, 5) is 3.32. The molecule has 3 nitrogen and oxygen atoms in total. The minimum Gasteiger partial charge on any atom is -0.491 e. The highest BCUT2D eigenvalue weighted by Crippen LogP contribution is 2.29. The SMILES string of the molecule is CCCOc1cccc2c1[nH]c(=S)n2C(CC)CSC. The number of hydrogen-bond donors (Lipinski definition) is 1. The van der Waals surface area contributed by atoms with Crippen LogP contribution in [0.1, 0.15) is 32.7 Å². The van der Waals surface area contributed by atoms with Gasteiger partial charge in [0.2, 0.25) is 0 Å². The van der Waals surface area contributed by atoms with Crippen molar-refractivity contribution < 1.29 is 4.74 Å². The number of hydrogen-bond acceptors (Lipinski definition) is 3. The van der Waals surface area contributed by atoms with Crippen LogP contribution in [-0.2, 0) is 0 Å². The van der Waals surface area contributed by atoms with Gasteiger partial charge in [0.15, 0.2) is 4.77 Å². The Morgan fingerprint density at radius 3 is 2.85 bits per heavy atom. The number of H-pyrrole nitrogens is 1. The van der Waals surface area contributed by atoms with Gasteiger partial charge < -0.3 is 14.3 Å². The maximum absolute atomic E-state index is 5.81. The second kappa shape index (κ2) is 7.18. The van der Waals surface area contributed by atoms with Crippen LogP contribution in [0.4, 0.5) is 0 Å². The van der Waals surface area contributed by atoms with E-state index in [1.54, 1.807) is 0 Å². The number of thioether (sulfide) groups is 1. The molecule has 5 heteroatoms. The third kappa shape index (κ3) is 3.04. The van der Waals surface area contributed by atoms with Gasteiger partial charge in [-0.3, -0.25) is 0 Å². The summed E-state index contributed by atoms with van der Waals surface area (Å²) in [5, 5.41) is 0. The molecule has 0 aliphatic carbocycles. The van der Waals surface area contributed by atoms with Crippen molar-refractivity contribution in [2.45, 2.75) is 32.7 Å². The predicted molar refractivity (Wildman–Crippen MR) is 90.6 cm³/mol. The average Bonchev–Trinajstić information content (AvgIpc) is 2.79. The lowest BCUT2D eigenvalue weighted by molar-refractivity contribution is 0.320. The first-order valence-electron chi connectivity index (χ1n) is 7.07. The first-order valence-corrected chi connectivity index (χ1v) is 8.88. The smallest absolute Gasteiger partial charge is 0.178 e. The number of ether oxygens (including phenoxy) is 1. The minimum absolute atomic E-state index is 0.424. The Hall–Kier alpha value is -0.940. The zero-order valence-corrected chi connectivity index (χ0v) is 13.9. The fourth-order valence-electron chi connectivity index (χ4n) is 2.38. The van der Waals surface area contributed by atoms with Gasteiger partial charge in [-0.15, -0.1) is 0 Å². The van der Waals surface area contributed by atoms with Crippen molar-refractivity contribution in [3.8, 4) is 5.75 Å². The molecule has 1 atom stereocenters. The molecule has 0 aliphatic rings. The summed E-state index contributed by atoms with van der Waals surface area (Å²) in [6.07, 6.45) is 4.21. The van der Waals surface area contributed by atoms with Crippen LogP contribution >= 0.6 is 24.0 Å². The van der Waals surface area contributed by atoms with Crippen LogP contribution in [-0.4, -0.2) is 28.2 Å². The molecule has 0 aliphatic heterocycles. The highest BCUT2D eigenvalue weighted by Gasteiger charge is 2.15. The van der Waals surface area contributed by atoms with E-state index in [2.05, 4.69) is 35.7 Å². The molecule has 2 rings (SSSR count). The standard InChI is InChI=1S/C15H22N2OS2/c1-4-9-18-13-8-6-7-12-14(13)16-15(19)17(12)11(5-2)10-20-3/h6-8,11H,4-5,9-10H2,1-3H3,(H,16,19). The van der Waals surface area contributed by atoms with E-state index in [1.165, 1.54) is 0 Å². The van der Waals surface area contributed by atoms with Crippen molar-refractivity contribution in [2.24, 2.45) is 0 Å². The normalized spacial score (nSPS) is 12.8. The molecule has 0 saturated heterocycles. The molecule has 0 radical (unpaired) electrons. The summed E-state index contributed by atoms with van der Waals surface area (Å²) in [7, 11) is 0. The molecular weight excluding hydrogens is 288 g/mol. The Morgan fingerprint density at radius 2 is 2.20 bits per heavy atom.